The zero-order chi connectivity index (χ0) is 14.1. The summed E-state index contributed by atoms with van der Waals surface area (Å²) < 4.78 is 0. The van der Waals surface area contributed by atoms with E-state index in [1.54, 1.807) is 0 Å². The largest absolute Gasteiger partial charge is 0.399 e. The highest BCUT2D eigenvalue weighted by atomic mass is 15.2. The van der Waals surface area contributed by atoms with Crippen LogP contribution in [-0.2, 0) is 6.54 Å². The maximum Gasteiger partial charge on any atom is 0.121 e. The summed E-state index contributed by atoms with van der Waals surface area (Å²) in [5, 5.41) is 0. The molecule has 3 N–H and O–H groups in total. The van der Waals surface area contributed by atoms with Crippen molar-refractivity contribution in [1.29, 1.82) is 0 Å². The van der Waals surface area contributed by atoms with Gasteiger partial charge in [-0.3, -0.25) is 4.90 Å². The maximum atomic E-state index is 5.82. The van der Waals surface area contributed by atoms with Crippen LogP contribution in [0.5, 0.6) is 0 Å². The van der Waals surface area contributed by atoms with Gasteiger partial charge < -0.3 is 10.7 Å². The van der Waals surface area contributed by atoms with E-state index in [0.29, 0.717) is 0 Å². The number of H-pyrrole nitrogens is 1. The highest BCUT2D eigenvalue weighted by Gasteiger charge is 2.29. The third-order valence-electron chi connectivity index (χ3n) is 3.96. The van der Waals surface area contributed by atoms with Gasteiger partial charge in [-0.15, -0.1) is 0 Å². The van der Waals surface area contributed by atoms with Crippen molar-refractivity contribution < 1.29 is 0 Å². The SMILES string of the molecule is CC(C)CCN(Cc1nc2ccc(N)cc2[nH]1)C1CC1. The Bertz CT molecular complexity index is 583. The van der Waals surface area contributed by atoms with Gasteiger partial charge in [0.15, 0.2) is 0 Å². The average Bonchev–Trinajstić information content (AvgIpc) is 3.15. The van der Waals surface area contributed by atoms with Crippen molar-refractivity contribution in [3.05, 3.63) is 24.0 Å². The number of aromatic nitrogens is 2. The minimum atomic E-state index is 0.756. The molecule has 4 nitrogen and oxygen atoms in total. The second kappa shape index (κ2) is 5.44. The van der Waals surface area contributed by atoms with Gasteiger partial charge in [-0.05, 0) is 49.9 Å². The number of hydrogen-bond acceptors (Lipinski definition) is 3. The molecule has 3 rings (SSSR count). The number of rotatable bonds is 6. The number of benzene rings is 1. The monoisotopic (exact) mass is 272 g/mol. The number of anilines is 1. The molecule has 0 unspecified atom stereocenters. The summed E-state index contributed by atoms with van der Waals surface area (Å²) in [6, 6.07) is 6.62. The van der Waals surface area contributed by atoms with E-state index in [1.807, 2.05) is 18.2 Å². The number of imidazole rings is 1. The van der Waals surface area contributed by atoms with E-state index in [1.165, 1.54) is 25.8 Å². The van der Waals surface area contributed by atoms with Crippen LogP contribution < -0.4 is 5.73 Å². The Balaban J connectivity index is 1.72. The predicted molar refractivity (Wildman–Crippen MR) is 83.4 cm³/mol. The molecule has 1 aliphatic carbocycles. The molecule has 0 bridgehead atoms. The highest BCUT2D eigenvalue weighted by Crippen LogP contribution is 2.29. The van der Waals surface area contributed by atoms with Gasteiger partial charge in [0.2, 0.25) is 0 Å². The summed E-state index contributed by atoms with van der Waals surface area (Å²) >= 11 is 0. The smallest absolute Gasteiger partial charge is 0.121 e. The van der Waals surface area contributed by atoms with Crippen molar-refractivity contribution >= 4 is 16.7 Å². The van der Waals surface area contributed by atoms with Gasteiger partial charge in [-0.25, -0.2) is 4.98 Å². The van der Waals surface area contributed by atoms with E-state index in [2.05, 4.69) is 28.7 Å². The first-order chi connectivity index (χ1) is 9.61. The molecule has 20 heavy (non-hydrogen) atoms. The number of nitrogens with zero attached hydrogens (tertiary/aromatic N) is 2. The summed E-state index contributed by atoms with van der Waals surface area (Å²) in [4.78, 5) is 10.7. The van der Waals surface area contributed by atoms with Crippen molar-refractivity contribution in [2.45, 2.75) is 45.7 Å². The van der Waals surface area contributed by atoms with Gasteiger partial charge in [-0.2, -0.15) is 0 Å². The number of nitrogen functional groups attached to an aromatic ring is 1. The van der Waals surface area contributed by atoms with E-state index in [4.69, 9.17) is 5.73 Å². The van der Waals surface area contributed by atoms with E-state index >= 15 is 0 Å². The molecule has 4 heteroatoms. The van der Waals surface area contributed by atoms with Crippen molar-refractivity contribution in [2.24, 2.45) is 5.92 Å². The van der Waals surface area contributed by atoms with Crippen LogP contribution in [-0.4, -0.2) is 27.5 Å². The predicted octanol–water partition coefficient (Wildman–Crippen LogP) is 3.16. The van der Waals surface area contributed by atoms with Gasteiger partial charge >= 0.3 is 0 Å². The first-order valence-electron chi connectivity index (χ1n) is 7.60. The normalized spacial score (nSPS) is 15.6. The molecule has 0 saturated heterocycles. The summed E-state index contributed by atoms with van der Waals surface area (Å²) in [5.74, 6) is 1.81. The molecule has 0 amide bonds. The van der Waals surface area contributed by atoms with Crippen LogP contribution in [0.2, 0.25) is 0 Å². The number of nitrogens with two attached hydrogens (primary N) is 1. The Morgan fingerprint density at radius 1 is 1.40 bits per heavy atom. The highest BCUT2D eigenvalue weighted by molar-refractivity contribution is 5.78. The molecular formula is C16H24N4. The third kappa shape index (κ3) is 3.12. The molecule has 0 radical (unpaired) electrons. The van der Waals surface area contributed by atoms with Crippen molar-refractivity contribution in [3.63, 3.8) is 0 Å². The second-order valence-corrected chi connectivity index (χ2v) is 6.34. The Morgan fingerprint density at radius 3 is 2.90 bits per heavy atom. The Hall–Kier alpha value is -1.55. The lowest BCUT2D eigenvalue weighted by Crippen LogP contribution is -2.28. The minimum Gasteiger partial charge on any atom is -0.399 e. The number of hydrogen-bond donors (Lipinski definition) is 2. The van der Waals surface area contributed by atoms with E-state index in [-0.39, 0.29) is 0 Å². The quantitative estimate of drug-likeness (QED) is 0.794. The average molecular weight is 272 g/mol. The van der Waals surface area contributed by atoms with Gasteiger partial charge in [-0.1, -0.05) is 13.8 Å². The van der Waals surface area contributed by atoms with Gasteiger partial charge in [0.05, 0.1) is 17.6 Å². The van der Waals surface area contributed by atoms with Gasteiger partial charge in [0.1, 0.15) is 5.82 Å². The molecular weight excluding hydrogens is 248 g/mol. The molecule has 2 aromatic rings. The van der Waals surface area contributed by atoms with Crippen molar-refractivity contribution in [1.82, 2.24) is 14.9 Å². The van der Waals surface area contributed by atoms with Crippen LogP contribution in [0.3, 0.4) is 0 Å². The minimum absolute atomic E-state index is 0.756. The fourth-order valence-corrected chi connectivity index (χ4v) is 2.60. The Kier molecular flexibility index (Phi) is 3.66. The summed E-state index contributed by atoms with van der Waals surface area (Å²) in [7, 11) is 0. The Labute approximate surface area is 120 Å². The van der Waals surface area contributed by atoms with Crippen LogP contribution in [0, 0.1) is 5.92 Å². The molecule has 1 heterocycles. The van der Waals surface area contributed by atoms with Crippen LogP contribution >= 0.6 is 0 Å². The molecule has 1 aromatic carbocycles. The van der Waals surface area contributed by atoms with Crippen LogP contribution in [0.25, 0.3) is 11.0 Å². The topological polar surface area (TPSA) is 57.9 Å². The summed E-state index contributed by atoms with van der Waals surface area (Å²) in [6.07, 6.45) is 3.93. The van der Waals surface area contributed by atoms with E-state index < -0.39 is 0 Å². The molecule has 0 spiro atoms. The van der Waals surface area contributed by atoms with Crippen LogP contribution in [0.15, 0.2) is 18.2 Å². The third-order valence-corrected chi connectivity index (χ3v) is 3.96. The number of nitrogens with one attached hydrogen (secondary N) is 1. The lowest BCUT2D eigenvalue weighted by Gasteiger charge is -2.21. The van der Waals surface area contributed by atoms with Crippen LogP contribution in [0.1, 0.15) is 38.9 Å². The van der Waals surface area contributed by atoms with Crippen LogP contribution in [0.4, 0.5) is 5.69 Å². The fourth-order valence-electron chi connectivity index (χ4n) is 2.60. The zero-order valence-corrected chi connectivity index (χ0v) is 12.4. The molecule has 1 fully saturated rings. The zero-order valence-electron chi connectivity index (χ0n) is 12.4. The summed E-state index contributed by atoms with van der Waals surface area (Å²) in [5.41, 5.74) is 8.65. The van der Waals surface area contributed by atoms with Crippen molar-refractivity contribution in [2.75, 3.05) is 12.3 Å². The molecule has 1 aromatic heterocycles. The molecule has 0 atom stereocenters. The lowest BCUT2D eigenvalue weighted by atomic mass is 10.1. The van der Waals surface area contributed by atoms with E-state index in [0.717, 1.165) is 41.0 Å². The van der Waals surface area contributed by atoms with Gasteiger partial charge in [0, 0.05) is 11.7 Å². The standard InChI is InChI=1S/C16H24N4/c1-11(2)7-8-20(13-4-5-13)10-16-18-14-6-3-12(17)9-15(14)19-16/h3,6,9,11,13H,4-5,7-8,10,17H2,1-2H3,(H,18,19). The fraction of sp³-hybridized carbons (Fsp3) is 0.562. The lowest BCUT2D eigenvalue weighted by molar-refractivity contribution is 0.234. The molecule has 1 saturated carbocycles. The first kappa shape index (κ1) is 13.4. The molecule has 0 aliphatic heterocycles. The Morgan fingerprint density at radius 2 is 2.20 bits per heavy atom. The van der Waals surface area contributed by atoms with Crippen molar-refractivity contribution in [3.8, 4) is 0 Å². The summed E-state index contributed by atoms with van der Waals surface area (Å²) in [6.45, 7) is 6.66. The van der Waals surface area contributed by atoms with E-state index in [9.17, 15) is 0 Å². The first-order valence-corrected chi connectivity index (χ1v) is 7.60. The number of aromatic amines is 1. The second-order valence-electron chi connectivity index (χ2n) is 6.34. The number of fused-ring (bicyclic) bond motifs is 1. The molecule has 108 valence electrons. The maximum absolute atomic E-state index is 5.82. The van der Waals surface area contributed by atoms with Gasteiger partial charge in [0.25, 0.3) is 0 Å². The molecule has 1 aliphatic rings.